The molecule has 0 spiro atoms. The second-order valence-corrected chi connectivity index (χ2v) is 16.4. The van der Waals surface area contributed by atoms with Crippen LogP contribution in [0.25, 0.3) is 0 Å². The van der Waals surface area contributed by atoms with Crippen molar-refractivity contribution in [2.45, 2.75) is 139 Å². The number of ether oxygens (including phenoxy) is 1. The van der Waals surface area contributed by atoms with Gasteiger partial charge in [0.25, 0.3) is 0 Å². The molecule has 11 atom stereocenters. The van der Waals surface area contributed by atoms with Gasteiger partial charge >= 0.3 is 11.9 Å². The van der Waals surface area contributed by atoms with E-state index in [1.165, 1.54) is 24.8 Å². The highest BCUT2D eigenvalue weighted by atomic mass is 16.5. The average molecular weight is 569 g/mol. The van der Waals surface area contributed by atoms with Gasteiger partial charge in [-0.3, -0.25) is 14.4 Å². The van der Waals surface area contributed by atoms with E-state index >= 15 is 0 Å². The topological polar surface area (TPSA) is 80.7 Å². The molecule has 5 rings (SSSR count). The molecule has 5 aliphatic carbocycles. The van der Waals surface area contributed by atoms with Crippen molar-refractivity contribution < 1.29 is 24.2 Å². The zero-order valence-electron chi connectivity index (χ0n) is 27.1. The standard InChI is InChI=1S/C36H56O5/c1-9-10-11-12-28(38)41-27-15-17-33(5)26(36(27,8)31(39)40)14-18-35(7)30(33)25(37)21-24-29-23(3)22(2)13-16-32(29,4)19-20-34(24,35)6/h21-23,26-27,29-30H,9-20H2,1-8H3,(H,39,40)/t22-,23+,26-,27+,29+,30-,32-,33+,34-,35-,36-/m1/s1. The lowest BCUT2D eigenvalue weighted by atomic mass is 9.33. The molecule has 0 aliphatic heterocycles. The van der Waals surface area contributed by atoms with Crippen LogP contribution in [0.2, 0.25) is 0 Å². The number of carboxylic acid groups (broad SMARTS) is 1. The number of ketones is 1. The van der Waals surface area contributed by atoms with E-state index < -0.39 is 22.9 Å². The number of allylic oxidation sites excluding steroid dienone is 2. The molecule has 4 saturated carbocycles. The first-order valence-corrected chi connectivity index (χ1v) is 16.8. The molecule has 1 N–H and O–H groups in total. The third-order valence-corrected chi connectivity index (χ3v) is 14.5. The second kappa shape index (κ2) is 10.2. The van der Waals surface area contributed by atoms with Crippen LogP contribution in [-0.4, -0.2) is 28.9 Å². The van der Waals surface area contributed by atoms with Crippen LogP contribution in [0.4, 0.5) is 0 Å². The molecule has 0 unspecified atom stereocenters. The number of carbonyl (C=O) groups is 3. The molecule has 230 valence electrons. The highest BCUT2D eigenvalue weighted by Crippen LogP contribution is 2.75. The molecule has 0 aromatic rings. The lowest BCUT2D eigenvalue weighted by Crippen LogP contribution is -2.68. The van der Waals surface area contributed by atoms with E-state index in [9.17, 15) is 19.5 Å². The van der Waals surface area contributed by atoms with Gasteiger partial charge in [-0.15, -0.1) is 0 Å². The molecule has 5 nitrogen and oxygen atoms in total. The van der Waals surface area contributed by atoms with Gasteiger partial charge in [0, 0.05) is 12.3 Å². The van der Waals surface area contributed by atoms with Crippen molar-refractivity contribution in [2.75, 3.05) is 0 Å². The molecule has 0 heterocycles. The van der Waals surface area contributed by atoms with Gasteiger partial charge < -0.3 is 9.84 Å². The van der Waals surface area contributed by atoms with Crippen molar-refractivity contribution in [2.24, 2.45) is 56.7 Å². The molecule has 0 radical (unpaired) electrons. The lowest BCUT2D eigenvalue weighted by molar-refractivity contribution is -0.221. The van der Waals surface area contributed by atoms with Gasteiger partial charge in [-0.25, -0.2) is 0 Å². The minimum atomic E-state index is -1.21. The molecule has 5 heteroatoms. The second-order valence-electron chi connectivity index (χ2n) is 16.4. The maximum absolute atomic E-state index is 14.5. The van der Waals surface area contributed by atoms with Crippen molar-refractivity contribution in [3.8, 4) is 0 Å². The first kappa shape index (κ1) is 30.8. The number of unbranched alkanes of at least 4 members (excludes halogenated alkanes) is 2. The minimum absolute atomic E-state index is 0.0722. The van der Waals surface area contributed by atoms with Crippen molar-refractivity contribution in [1.29, 1.82) is 0 Å². The SMILES string of the molecule is CCCCCC(=O)O[C@H]1CC[C@@]2(C)[C@@H](CC[C@]3(C)[C@@H]2C(=O)C=C2[C@@H]4[C@@H](C)[C@H](C)CC[C@]4(C)CC[C@]23C)[C@@]1(C)C(=O)O. The van der Waals surface area contributed by atoms with Crippen molar-refractivity contribution in [3.63, 3.8) is 0 Å². The van der Waals surface area contributed by atoms with Gasteiger partial charge in [0.05, 0.1) is 0 Å². The molecular weight excluding hydrogens is 512 g/mol. The summed E-state index contributed by atoms with van der Waals surface area (Å²) < 4.78 is 5.98. The van der Waals surface area contributed by atoms with E-state index in [2.05, 4.69) is 54.5 Å². The largest absolute Gasteiger partial charge is 0.481 e. The fourth-order valence-electron chi connectivity index (χ4n) is 11.6. The fourth-order valence-corrected chi connectivity index (χ4v) is 11.6. The van der Waals surface area contributed by atoms with Crippen LogP contribution in [0.5, 0.6) is 0 Å². The lowest BCUT2D eigenvalue weighted by Gasteiger charge is -2.70. The molecule has 0 amide bonds. The average Bonchev–Trinajstić information content (AvgIpc) is 2.89. The van der Waals surface area contributed by atoms with E-state index in [-0.39, 0.29) is 39.8 Å². The number of esters is 1. The third-order valence-electron chi connectivity index (χ3n) is 14.5. The zero-order valence-corrected chi connectivity index (χ0v) is 27.1. The van der Waals surface area contributed by atoms with Crippen LogP contribution in [0, 0.1) is 56.7 Å². The van der Waals surface area contributed by atoms with Crippen LogP contribution in [-0.2, 0) is 19.1 Å². The van der Waals surface area contributed by atoms with Crippen LogP contribution < -0.4 is 0 Å². The van der Waals surface area contributed by atoms with Gasteiger partial charge in [-0.2, -0.15) is 0 Å². The monoisotopic (exact) mass is 568 g/mol. The number of rotatable bonds is 6. The van der Waals surface area contributed by atoms with E-state index in [0.717, 1.165) is 38.5 Å². The number of hydrogen-bond acceptors (Lipinski definition) is 4. The minimum Gasteiger partial charge on any atom is -0.481 e. The van der Waals surface area contributed by atoms with E-state index in [4.69, 9.17) is 4.74 Å². The zero-order chi connectivity index (χ0) is 30.2. The Morgan fingerprint density at radius 1 is 0.951 bits per heavy atom. The van der Waals surface area contributed by atoms with E-state index in [0.29, 0.717) is 37.0 Å². The Balaban J connectivity index is 1.52. The summed E-state index contributed by atoms with van der Waals surface area (Å²) in [6.45, 7) is 18.2. The summed E-state index contributed by atoms with van der Waals surface area (Å²) in [6.07, 6.45) is 12.1. The summed E-state index contributed by atoms with van der Waals surface area (Å²) in [4.78, 5) is 40.4. The molecule has 5 aliphatic rings. The Morgan fingerprint density at radius 3 is 2.32 bits per heavy atom. The van der Waals surface area contributed by atoms with Gasteiger partial charge in [-0.1, -0.05) is 66.9 Å². The van der Waals surface area contributed by atoms with Crippen LogP contribution in [0.15, 0.2) is 11.6 Å². The van der Waals surface area contributed by atoms with Crippen molar-refractivity contribution >= 4 is 17.7 Å². The Labute approximate surface area is 248 Å². The van der Waals surface area contributed by atoms with Crippen molar-refractivity contribution in [3.05, 3.63) is 11.6 Å². The first-order valence-electron chi connectivity index (χ1n) is 16.8. The van der Waals surface area contributed by atoms with Gasteiger partial charge in [0.2, 0.25) is 0 Å². The number of fused-ring (bicyclic) bond motifs is 7. The third kappa shape index (κ3) is 4.24. The van der Waals surface area contributed by atoms with Gasteiger partial charge in [-0.05, 0) is 116 Å². The number of carbonyl (C=O) groups excluding carboxylic acids is 2. The Hall–Kier alpha value is -1.65. The molecule has 0 bridgehead atoms. The summed E-state index contributed by atoms with van der Waals surface area (Å²) in [5, 5.41) is 10.7. The molecule has 0 aromatic heterocycles. The maximum Gasteiger partial charge on any atom is 0.313 e. The smallest absolute Gasteiger partial charge is 0.313 e. The van der Waals surface area contributed by atoms with Crippen LogP contribution in [0.1, 0.15) is 132 Å². The van der Waals surface area contributed by atoms with E-state index in [1.54, 1.807) is 6.92 Å². The number of carboxylic acids is 1. The summed E-state index contributed by atoms with van der Waals surface area (Å²) >= 11 is 0. The highest BCUT2D eigenvalue weighted by molar-refractivity contribution is 5.96. The quantitative estimate of drug-likeness (QED) is 0.257. The Bertz CT molecular complexity index is 1130. The van der Waals surface area contributed by atoms with Crippen LogP contribution >= 0.6 is 0 Å². The summed E-state index contributed by atoms with van der Waals surface area (Å²) in [5.74, 6) is 0.246. The molecule has 41 heavy (non-hydrogen) atoms. The van der Waals surface area contributed by atoms with E-state index in [1.807, 2.05) is 0 Å². The summed E-state index contributed by atoms with van der Waals surface area (Å²) in [5.41, 5.74) is -0.297. The fraction of sp³-hybridized carbons (Fsp3) is 0.861. The first-order chi connectivity index (χ1) is 19.1. The highest BCUT2D eigenvalue weighted by Gasteiger charge is 2.72. The number of hydrogen-bond donors (Lipinski definition) is 1. The molecular formula is C36H56O5. The number of aliphatic carboxylic acids is 1. The maximum atomic E-state index is 14.5. The Morgan fingerprint density at radius 2 is 1.66 bits per heavy atom. The molecule has 4 fully saturated rings. The predicted molar refractivity (Wildman–Crippen MR) is 161 cm³/mol. The molecule has 0 aromatic carbocycles. The van der Waals surface area contributed by atoms with Gasteiger partial charge in [0.1, 0.15) is 11.5 Å². The van der Waals surface area contributed by atoms with Crippen molar-refractivity contribution in [1.82, 2.24) is 0 Å². The molecule has 0 saturated heterocycles. The van der Waals surface area contributed by atoms with Crippen LogP contribution in [0.3, 0.4) is 0 Å². The normalized spacial score (nSPS) is 49.1. The Kier molecular flexibility index (Phi) is 7.68. The summed E-state index contributed by atoms with van der Waals surface area (Å²) in [6, 6.07) is 0. The summed E-state index contributed by atoms with van der Waals surface area (Å²) in [7, 11) is 0. The van der Waals surface area contributed by atoms with Gasteiger partial charge in [0.15, 0.2) is 5.78 Å². The predicted octanol–water partition coefficient (Wildman–Crippen LogP) is 8.40.